The molecule has 0 amide bonds. The molecule has 96 valence electrons. The quantitative estimate of drug-likeness (QED) is 0.739. The van der Waals surface area contributed by atoms with Gasteiger partial charge >= 0.3 is 0 Å². The second kappa shape index (κ2) is 7.35. The van der Waals surface area contributed by atoms with Gasteiger partial charge in [-0.3, -0.25) is 4.98 Å². The second-order valence-corrected chi connectivity index (χ2v) is 4.47. The van der Waals surface area contributed by atoms with Gasteiger partial charge in [0.05, 0.1) is 11.9 Å². The lowest BCUT2D eigenvalue weighted by Gasteiger charge is -2.17. The summed E-state index contributed by atoms with van der Waals surface area (Å²) in [7, 11) is 4.14. The molecule has 0 aliphatic rings. The molecule has 0 radical (unpaired) electrons. The van der Waals surface area contributed by atoms with Gasteiger partial charge in [0, 0.05) is 6.04 Å². The number of nitrogens with one attached hydrogen (secondary N) is 1. The summed E-state index contributed by atoms with van der Waals surface area (Å²) >= 11 is 0. The van der Waals surface area contributed by atoms with Crippen LogP contribution in [-0.2, 0) is 0 Å². The van der Waals surface area contributed by atoms with Crippen LogP contribution in [-0.4, -0.2) is 37.1 Å². The molecule has 0 saturated heterocycles. The van der Waals surface area contributed by atoms with Gasteiger partial charge in [-0.1, -0.05) is 6.92 Å². The number of rotatable bonds is 7. The molecule has 1 unspecified atom stereocenters. The van der Waals surface area contributed by atoms with E-state index in [4.69, 9.17) is 0 Å². The van der Waals surface area contributed by atoms with E-state index in [1.54, 1.807) is 6.07 Å². The van der Waals surface area contributed by atoms with Crippen molar-refractivity contribution < 1.29 is 4.39 Å². The van der Waals surface area contributed by atoms with E-state index < -0.39 is 0 Å². The minimum absolute atomic E-state index is 0.220. The number of halogens is 1. The molecule has 0 aliphatic carbocycles. The Bertz CT molecular complexity index is 311. The topological polar surface area (TPSA) is 28.2 Å². The number of hydrogen-bond donors (Lipinski definition) is 1. The molecular formula is C13H22FN3. The Labute approximate surface area is 103 Å². The first-order chi connectivity index (χ1) is 8.13. The summed E-state index contributed by atoms with van der Waals surface area (Å²) in [4.78, 5) is 6.28. The van der Waals surface area contributed by atoms with E-state index in [0.717, 1.165) is 31.6 Å². The van der Waals surface area contributed by atoms with Crippen molar-refractivity contribution in [2.45, 2.75) is 25.8 Å². The summed E-state index contributed by atoms with van der Waals surface area (Å²) in [5.74, 6) is -0.281. The van der Waals surface area contributed by atoms with Gasteiger partial charge < -0.3 is 10.2 Å². The second-order valence-electron chi connectivity index (χ2n) is 4.47. The zero-order valence-corrected chi connectivity index (χ0v) is 10.9. The first-order valence-corrected chi connectivity index (χ1v) is 6.13. The van der Waals surface area contributed by atoms with E-state index in [1.807, 2.05) is 0 Å². The molecule has 1 heterocycles. The van der Waals surface area contributed by atoms with E-state index in [-0.39, 0.29) is 11.9 Å². The Kier molecular flexibility index (Phi) is 6.08. The van der Waals surface area contributed by atoms with Crippen LogP contribution >= 0.6 is 0 Å². The predicted molar refractivity (Wildman–Crippen MR) is 68.4 cm³/mol. The van der Waals surface area contributed by atoms with Crippen LogP contribution in [0.4, 0.5) is 4.39 Å². The van der Waals surface area contributed by atoms with Gasteiger partial charge in [-0.2, -0.15) is 0 Å². The number of pyridine rings is 1. The summed E-state index contributed by atoms with van der Waals surface area (Å²) in [6.07, 6.45) is 3.34. The van der Waals surface area contributed by atoms with Crippen molar-refractivity contribution in [1.29, 1.82) is 0 Å². The van der Waals surface area contributed by atoms with Crippen LogP contribution in [0.25, 0.3) is 0 Å². The molecule has 4 heteroatoms. The highest BCUT2D eigenvalue weighted by Crippen LogP contribution is 2.13. The Balaban J connectivity index is 2.40. The molecule has 0 spiro atoms. The van der Waals surface area contributed by atoms with Crippen LogP contribution in [0.1, 0.15) is 31.5 Å². The minimum atomic E-state index is -0.281. The average Bonchev–Trinajstić information content (AvgIpc) is 2.30. The van der Waals surface area contributed by atoms with Gasteiger partial charge in [-0.15, -0.1) is 0 Å². The fraction of sp³-hybridized carbons (Fsp3) is 0.615. The summed E-state index contributed by atoms with van der Waals surface area (Å²) in [5, 5.41) is 3.45. The Hall–Kier alpha value is -1.00. The van der Waals surface area contributed by atoms with Crippen molar-refractivity contribution in [3.05, 3.63) is 29.8 Å². The number of aromatic nitrogens is 1. The molecule has 0 bridgehead atoms. The van der Waals surface area contributed by atoms with E-state index in [0.29, 0.717) is 0 Å². The third-order valence-electron chi connectivity index (χ3n) is 2.69. The number of nitrogens with zero attached hydrogens (tertiary/aromatic N) is 2. The zero-order valence-electron chi connectivity index (χ0n) is 10.9. The van der Waals surface area contributed by atoms with Crippen molar-refractivity contribution in [2.24, 2.45) is 0 Å². The molecular weight excluding hydrogens is 217 g/mol. The molecule has 0 aliphatic heterocycles. The lowest BCUT2D eigenvalue weighted by atomic mass is 10.1. The van der Waals surface area contributed by atoms with Gasteiger partial charge in [0.1, 0.15) is 5.82 Å². The molecule has 1 N–H and O–H groups in total. The lowest BCUT2D eigenvalue weighted by Crippen LogP contribution is -2.25. The van der Waals surface area contributed by atoms with Gasteiger partial charge in [-0.25, -0.2) is 4.39 Å². The van der Waals surface area contributed by atoms with E-state index in [9.17, 15) is 4.39 Å². The number of hydrogen-bond acceptors (Lipinski definition) is 3. The maximum absolute atomic E-state index is 12.8. The lowest BCUT2D eigenvalue weighted by molar-refractivity contribution is 0.384. The highest BCUT2D eigenvalue weighted by atomic mass is 19.1. The largest absolute Gasteiger partial charge is 0.309 e. The zero-order chi connectivity index (χ0) is 12.7. The van der Waals surface area contributed by atoms with Crippen LogP contribution in [0.5, 0.6) is 0 Å². The highest BCUT2D eigenvalue weighted by molar-refractivity contribution is 5.09. The first-order valence-electron chi connectivity index (χ1n) is 6.13. The van der Waals surface area contributed by atoms with Crippen molar-refractivity contribution in [2.75, 3.05) is 27.2 Å². The Morgan fingerprint density at radius 2 is 2.18 bits per heavy atom. The maximum atomic E-state index is 12.8. The fourth-order valence-electron chi connectivity index (χ4n) is 1.72. The van der Waals surface area contributed by atoms with Crippen molar-refractivity contribution in [3.63, 3.8) is 0 Å². The Morgan fingerprint density at radius 3 is 2.71 bits per heavy atom. The molecule has 1 aromatic rings. The van der Waals surface area contributed by atoms with Crippen molar-refractivity contribution >= 4 is 0 Å². The van der Waals surface area contributed by atoms with Crippen LogP contribution in [0.2, 0.25) is 0 Å². The maximum Gasteiger partial charge on any atom is 0.141 e. The SMILES string of the molecule is CCC(NCCCN(C)C)c1ccc(F)cn1. The first kappa shape index (κ1) is 14.1. The standard InChI is InChI=1S/C13H22FN3/c1-4-12(15-8-5-9-17(2)3)13-7-6-11(14)10-16-13/h6-7,10,12,15H,4-5,8-9H2,1-3H3. The molecule has 1 rings (SSSR count). The average molecular weight is 239 g/mol. The van der Waals surface area contributed by atoms with E-state index in [2.05, 4.69) is 36.2 Å². The fourth-order valence-corrected chi connectivity index (χ4v) is 1.72. The summed E-state index contributed by atoms with van der Waals surface area (Å²) in [6, 6.07) is 3.44. The minimum Gasteiger partial charge on any atom is -0.309 e. The molecule has 3 nitrogen and oxygen atoms in total. The molecule has 17 heavy (non-hydrogen) atoms. The van der Waals surface area contributed by atoms with Crippen LogP contribution in [0, 0.1) is 5.82 Å². The summed E-state index contributed by atoms with van der Waals surface area (Å²) < 4.78 is 12.8. The van der Waals surface area contributed by atoms with Crippen molar-refractivity contribution in [3.8, 4) is 0 Å². The monoisotopic (exact) mass is 239 g/mol. The van der Waals surface area contributed by atoms with Gasteiger partial charge in [0.2, 0.25) is 0 Å². The van der Waals surface area contributed by atoms with Crippen LogP contribution < -0.4 is 5.32 Å². The molecule has 1 atom stereocenters. The predicted octanol–water partition coefficient (Wildman–Crippen LogP) is 2.21. The van der Waals surface area contributed by atoms with Crippen LogP contribution in [0.15, 0.2) is 18.3 Å². The van der Waals surface area contributed by atoms with Crippen LogP contribution in [0.3, 0.4) is 0 Å². The van der Waals surface area contributed by atoms with Gasteiger partial charge in [0.25, 0.3) is 0 Å². The molecule has 0 fully saturated rings. The smallest absolute Gasteiger partial charge is 0.141 e. The van der Waals surface area contributed by atoms with Gasteiger partial charge in [0.15, 0.2) is 0 Å². The summed E-state index contributed by atoms with van der Waals surface area (Å²) in [6.45, 7) is 4.13. The summed E-state index contributed by atoms with van der Waals surface area (Å²) in [5.41, 5.74) is 0.916. The highest BCUT2D eigenvalue weighted by Gasteiger charge is 2.09. The van der Waals surface area contributed by atoms with E-state index >= 15 is 0 Å². The van der Waals surface area contributed by atoms with Gasteiger partial charge in [-0.05, 0) is 52.2 Å². The normalized spacial score (nSPS) is 13.0. The molecule has 0 aromatic carbocycles. The van der Waals surface area contributed by atoms with E-state index in [1.165, 1.54) is 12.3 Å². The molecule has 1 aromatic heterocycles. The van der Waals surface area contributed by atoms with Crippen molar-refractivity contribution in [1.82, 2.24) is 15.2 Å². The third kappa shape index (κ3) is 5.24. The molecule has 0 saturated carbocycles. The Morgan fingerprint density at radius 1 is 1.41 bits per heavy atom. The third-order valence-corrected chi connectivity index (χ3v) is 2.69.